The number of nitrogens with two attached hydrogens (primary N) is 1. The summed E-state index contributed by atoms with van der Waals surface area (Å²) in [5, 5.41) is 0. The second-order valence-corrected chi connectivity index (χ2v) is 6.37. The van der Waals surface area contributed by atoms with Crippen LogP contribution in [0, 0.1) is 0 Å². The lowest BCUT2D eigenvalue weighted by Crippen LogP contribution is -2.31. The number of hydrogen-bond donors (Lipinski definition) is 1. The molecule has 1 aromatic carbocycles. The molecule has 1 atom stereocenters. The van der Waals surface area contributed by atoms with E-state index in [2.05, 4.69) is 35.2 Å². The quantitative estimate of drug-likeness (QED) is 0.781. The Morgan fingerprint density at radius 2 is 1.82 bits per heavy atom. The Labute approximate surface area is 134 Å². The minimum atomic E-state index is 0.349. The first-order valence-corrected chi connectivity index (χ1v) is 8.84. The maximum absolute atomic E-state index is 12.3. The first-order valence-electron chi connectivity index (χ1n) is 8.84. The van der Waals surface area contributed by atoms with Crippen molar-refractivity contribution in [3.8, 4) is 0 Å². The van der Waals surface area contributed by atoms with Crippen LogP contribution in [0.25, 0.3) is 0 Å². The predicted octanol–water partition coefficient (Wildman–Crippen LogP) is 3.69. The summed E-state index contributed by atoms with van der Waals surface area (Å²) >= 11 is 0. The van der Waals surface area contributed by atoms with Crippen molar-refractivity contribution >= 4 is 5.91 Å². The monoisotopic (exact) mass is 302 g/mol. The summed E-state index contributed by atoms with van der Waals surface area (Å²) in [7, 11) is 0. The molecule has 1 saturated heterocycles. The van der Waals surface area contributed by atoms with Crippen molar-refractivity contribution in [2.75, 3.05) is 19.6 Å². The van der Waals surface area contributed by atoms with Gasteiger partial charge in [-0.1, -0.05) is 43.2 Å². The zero-order chi connectivity index (χ0) is 15.6. The van der Waals surface area contributed by atoms with E-state index in [1.165, 1.54) is 12.0 Å². The van der Waals surface area contributed by atoms with Gasteiger partial charge in [0.1, 0.15) is 0 Å². The average Bonchev–Trinajstić information content (AvgIpc) is 2.81. The summed E-state index contributed by atoms with van der Waals surface area (Å²) in [5.74, 6) is 0.963. The lowest BCUT2D eigenvalue weighted by molar-refractivity contribution is -0.131. The molecule has 122 valence electrons. The minimum Gasteiger partial charge on any atom is -0.343 e. The molecule has 0 aliphatic carbocycles. The van der Waals surface area contributed by atoms with Crippen LogP contribution >= 0.6 is 0 Å². The van der Waals surface area contributed by atoms with Crippen LogP contribution < -0.4 is 5.73 Å². The zero-order valence-electron chi connectivity index (χ0n) is 13.7. The minimum absolute atomic E-state index is 0.349. The molecule has 0 aromatic heterocycles. The summed E-state index contributed by atoms with van der Waals surface area (Å²) in [6.07, 6.45) is 8.50. The molecule has 0 bridgehead atoms. The molecule has 1 amide bonds. The van der Waals surface area contributed by atoms with E-state index >= 15 is 0 Å². The van der Waals surface area contributed by atoms with Gasteiger partial charge in [-0.25, -0.2) is 0 Å². The topological polar surface area (TPSA) is 46.3 Å². The molecule has 1 fully saturated rings. The number of likely N-dealkylation sites (tertiary alicyclic amines) is 1. The van der Waals surface area contributed by atoms with Crippen LogP contribution in [0.1, 0.15) is 62.8 Å². The summed E-state index contributed by atoms with van der Waals surface area (Å²) < 4.78 is 0. The molecule has 2 N–H and O–H groups in total. The van der Waals surface area contributed by atoms with Crippen LogP contribution in [0.3, 0.4) is 0 Å². The fourth-order valence-corrected chi connectivity index (χ4v) is 3.34. The highest BCUT2D eigenvalue weighted by Gasteiger charge is 2.21. The van der Waals surface area contributed by atoms with Gasteiger partial charge in [-0.2, -0.15) is 0 Å². The summed E-state index contributed by atoms with van der Waals surface area (Å²) in [5.41, 5.74) is 6.92. The first kappa shape index (κ1) is 17.0. The van der Waals surface area contributed by atoms with Crippen LogP contribution in [-0.4, -0.2) is 30.4 Å². The second kappa shape index (κ2) is 9.62. The number of amides is 1. The molecular weight excluding hydrogens is 272 g/mol. The number of nitrogens with zero attached hydrogens (tertiary/aromatic N) is 1. The molecule has 0 radical (unpaired) electrons. The Kier molecular flexibility index (Phi) is 7.44. The van der Waals surface area contributed by atoms with Gasteiger partial charge in [0.25, 0.3) is 0 Å². The maximum atomic E-state index is 12.3. The van der Waals surface area contributed by atoms with Gasteiger partial charge in [0.2, 0.25) is 5.91 Å². The third kappa shape index (κ3) is 5.45. The van der Waals surface area contributed by atoms with Gasteiger partial charge in [-0.05, 0) is 50.1 Å². The van der Waals surface area contributed by atoms with E-state index in [1.807, 2.05) is 0 Å². The second-order valence-electron chi connectivity index (χ2n) is 6.37. The number of carbonyl (C=O) groups excluding carboxylic acids is 1. The van der Waals surface area contributed by atoms with Crippen molar-refractivity contribution in [2.45, 2.75) is 57.3 Å². The van der Waals surface area contributed by atoms with Crippen molar-refractivity contribution in [1.82, 2.24) is 4.90 Å². The number of unbranched alkanes of at least 4 members (excludes halogenated alkanes) is 3. The maximum Gasteiger partial charge on any atom is 0.222 e. The van der Waals surface area contributed by atoms with Crippen molar-refractivity contribution in [3.63, 3.8) is 0 Å². The molecule has 1 aliphatic heterocycles. The highest BCUT2D eigenvalue weighted by molar-refractivity contribution is 5.76. The van der Waals surface area contributed by atoms with Gasteiger partial charge in [0.15, 0.2) is 0 Å². The van der Waals surface area contributed by atoms with Crippen molar-refractivity contribution < 1.29 is 4.79 Å². The lowest BCUT2D eigenvalue weighted by atomic mass is 9.92. The van der Waals surface area contributed by atoms with Gasteiger partial charge in [0, 0.05) is 19.5 Å². The third-order valence-electron chi connectivity index (χ3n) is 4.70. The standard InChI is InChI=1S/C19H30N2O/c20-14-7-2-1-6-12-19(22)21-15-8-11-18(13-16-21)17-9-4-3-5-10-17/h3-5,9-10,18H,1-2,6-8,11-16,20H2. The fraction of sp³-hybridized carbons (Fsp3) is 0.632. The van der Waals surface area contributed by atoms with Crippen LogP contribution in [0.15, 0.2) is 30.3 Å². The van der Waals surface area contributed by atoms with E-state index in [9.17, 15) is 4.79 Å². The predicted molar refractivity (Wildman–Crippen MR) is 91.8 cm³/mol. The summed E-state index contributed by atoms with van der Waals surface area (Å²) in [6.45, 7) is 2.62. The molecule has 3 heteroatoms. The third-order valence-corrected chi connectivity index (χ3v) is 4.70. The molecule has 1 heterocycles. The van der Waals surface area contributed by atoms with E-state index in [0.717, 1.165) is 58.2 Å². The van der Waals surface area contributed by atoms with Gasteiger partial charge in [-0.15, -0.1) is 0 Å². The average molecular weight is 302 g/mol. The fourth-order valence-electron chi connectivity index (χ4n) is 3.34. The first-order chi connectivity index (χ1) is 10.8. The SMILES string of the molecule is NCCCCCCC(=O)N1CCCC(c2ccccc2)CC1. The number of carbonyl (C=O) groups is 1. The van der Waals surface area contributed by atoms with E-state index in [1.54, 1.807) is 0 Å². The van der Waals surface area contributed by atoms with Gasteiger partial charge in [-0.3, -0.25) is 4.79 Å². The molecule has 1 unspecified atom stereocenters. The van der Waals surface area contributed by atoms with Crippen LogP contribution in [0.2, 0.25) is 0 Å². The van der Waals surface area contributed by atoms with Gasteiger partial charge < -0.3 is 10.6 Å². The molecule has 0 spiro atoms. The molecule has 22 heavy (non-hydrogen) atoms. The number of benzene rings is 1. The van der Waals surface area contributed by atoms with Crippen LogP contribution in [0.5, 0.6) is 0 Å². The lowest BCUT2D eigenvalue weighted by Gasteiger charge is -2.21. The molecule has 0 saturated carbocycles. The summed E-state index contributed by atoms with van der Waals surface area (Å²) in [6, 6.07) is 10.7. The molecular formula is C19H30N2O. The molecule has 2 rings (SSSR count). The van der Waals surface area contributed by atoms with E-state index in [0.29, 0.717) is 18.2 Å². The summed E-state index contributed by atoms with van der Waals surface area (Å²) in [4.78, 5) is 14.4. The highest BCUT2D eigenvalue weighted by atomic mass is 16.2. The Bertz CT molecular complexity index is 432. The Morgan fingerprint density at radius 1 is 1.05 bits per heavy atom. The van der Waals surface area contributed by atoms with Gasteiger partial charge in [0.05, 0.1) is 0 Å². The van der Waals surface area contributed by atoms with Crippen molar-refractivity contribution in [3.05, 3.63) is 35.9 Å². The van der Waals surface area contributed by atoms with Gasteiger partial charge >= 0.3 is 0 Å². The zero-order valence-corrected chi connectivity index (χ0v) is 13.7. The smallest absolute Gasteiger partial charge is 0.222 e. The Hall–Kier alpha value is -1.35. The molecule has 3 nitrogen and oxygen atoms in total. The Balaban J connectivity index is 1.74. The number of hydrogen-bond acceptors (Lipinski definition) is 2. The molecule has 1 aromatic rings. The van der Waals surface area contributed by atoms with E-state index in [4.69, 9.17) is 5.73 Å². The molecule has 1 aliphatic rings. The van der Waals surface area contributed by atoms with E-state index < -0.39 is 0 Å². The van der Waals surface area contributed by atoms with Crippen molar-refractivity contribution in [2.24, 2.45) is 5.73 Å². The normalized spacial score (nSPS) is 19.0. The largest absolute Gasteiger partial charge is 0.343 e. The van der Waals surface area contributed by atoms with Crippen LogP contribution in [-0.2, 0) is 4.79 Å². The van der Waals surface area contributed by atoms with Crippen LogP contribution in [0.4, 0.5) is 0 Å². The van der Waals surface area contributed by atoms with Crippen molar-refractivity contribution in [1.29, 1.82) is 0 Å². The Morgan fingerprint density at radius 3 is 2.59 bits per heavy atom. The van der Waals surface area contributed by atoms with E-state index in [-0.39, 0.29) is 0 Å². The highest BCUT2D eigenvalue weighted by Crippen LogP contribution is 2.28. The number of rotatable bonds is 7.